The van der Waals surface area contributed by atoms with Crippen LogP contribution in [0.5, 0.6) is 0 Å². The minimum absolute atomic E-state index is 0.0257. The second-order valence-corrected chi connectivity index (χ2v) is 10.7. The second-order valence-electron chi connectivity index (χ2n) is 9.89. The van der Waals surface area contributed by atoms with Gasteiger partial charge in [-0.15, -0.1) is 0 Å². The van der Waals surface area contributed by atoms with Crippen LogP contribution in [0.3, 0.4) is 0 Å². The van der Waals surface area contributed by atoms with E-state index in [0.717, 1.165) is 31.2 Å². The van der Waals surface area contributed by atoms with Gasteiger partial charge in [0.2, 0.25) is 5.91 Å². The average Bonchev–Trinajstić information content (AvgIpc) is 3.57. The third kappa shape index (κ3) is 6.09. The van der Waals surface area contributed by atoms with Gasteiger partial charge in [0.25, 0.3) is 0 Å². The predicted molar refractivity (Wildman–Crippen MR) is 139 cm³/mol. The van der Waals surface area contributed by atoms with E-state index in [2.05, 4.69) is 18.0 Å². The molecule has 1 amide bonds. The van der Waals surface area contributed by atoms with Crippen LogP contribution in [0, 0.1) is 23.1 Å². The first kappa shape index (κ1) is 28.5. The van der Waals surface area contributed by atoms with Gasteiger partial charge in [0.05, 0.1) is 16.1 Å². The zero-order valence-electron chi connectivity index (χ0n) is 20.7. The van der Waals surface area contributed by atoms with Gasteiger partial charge in [-0.25, -0.2) is 9.60 Å². The van der Waals surface area contributed by atoms with Gasteiger partial charge in [0.15, 0.2) is 11.5 Å². The van der Waals surface area contributed by atoms with Crippen LogP contribution in [0.4, 0.5) is 10.1 Å². The van der Waals surface area contributed by atoms with E-state index in [1.165, 1.54) is 19.2 Å². The summed E-state index contributed by atoms with van der Waals surface area (Å²) in [7, 11) is 1.50. The number of hydrogen-bond donors (Lipinski definition) is 4. The number of nitrogens with one attached hydrogen (secondary N) is 1. The number of nitrogens with two attached hydrogens (primary N) is 2. The summed E-state index contributed by atoms with van der Waals surface area (Å²) in [4.78, 5) is 26.4. The summed E-state index contributed by atoms with van der Waals surface area (Å²) in [5.41, 5.74) is 6.46. The molecule has 2 saturated carbocycles. The van der Waals surface area contributed by atoms with Gasteiger partial charge >= 0.3 is 0 Å². The van der Waals surface area contributed by atoms with E-state index in [-0.39, 0.29) is 44.5 Å². The number of benzene rings is 2. The first-order valence-corrected chi connectivity index (χ1v) is 13.1. The van der Waals surface area contributed by atoms with Crippen molar-refractivity contribution in [2.45, 2.75) is 57.9 Å². The van der Waals surface area contributed by atoms with Gasteiger partial charge in [0.1, 0.15) is 5.82 Å². The molecule has 6 nitrogen and oxygen atoms in total. The summed E-state index contributed by atoms with van der Waals surface area (Å²) in [6, 6.07) is 8.94. The molecular formula is C27H35Cl2FN3O3+. The van der Waals surface area contributed by atoms with Crippen molar-refractivity contribution >= 4 is 40.6 Å². The molecule has 9 heteroatoms. The highest BCUT2D eigenvalue weighted by molar-refractivity contribution is 6.42. The van der Waals surface area contributed by atoms with Crippen LogP contribution in [0.1, 0.15) is 73.8 Å². The molecule has 36 heavy (non-hydrogen) atoms. The number of Topliss-reactive ketones (excluding diaryl/α,β-unsaturated/α-hetero) is 1. The third-order valence-electron chi connectivity index (χ3n) is 7.59. The van der Waals surface area contributed by atoms with Crippen LogP contribution in [-0.4, -0.2) is 23.9 Å². The van der Waals surface area contributed by atoms with Crippen LogP contribution < -0.4 is 16.5 Å². The number of halogens is 3. The van der Waals surface area contributed by atoms with Crippen molar-refractivity contribution in [3.05, 3.63) is 63.4 Å². The van der Waals surface area contributed by atoms with E-state index in [9.17, 15) is 19.2 Å². The van der Waals surface area contributed by atoms with Crippen LogP contribution >= 0.6 is 23.2 Å². The molecule has 0 aliphatic heterocycles. The first-order chi connectivity index (χ1) is 17.2. The Hall–Kier alpha value is -2.03. The van der Waals surface area contributed by atoms with Crippen molar-refractivity contribution in [2.24, 2.45) is 23.0 Å². The molecule has 3 atom stereocenters. The molecule has 2 aromatic rings. The molecule has 2 fully saturated rings. The number of amides is 1. The summed E-state index contributed by atoms with van der Waals surface area (Å²) < 4.78 is 15.0. The van der Waals surface area contributed by atoms with Crippen molar-refractivity contribution in [1.82, 2.24) is 5.32 Å². The van der Waals surface area contributed by atoms with Crippen molar-refractivity contribution in [3.8, 4) is 0 Å². The number of ketones is 1. The van der Waals surface area contributed by atoms with Gasteiger partial charge in [-0.2, -0.15) is 5.48 Å². The minimum Gasteiger partial charge on any atom is -0.348 e. The standard InChI is InChI=1S/C26H29Cl2FN2O3.CH5N/c1-26(11-2-3-12-26)24(21-20(29)10-9-19(27)22(21)28)30-25(33)17-8-7-16(13-17)23(32)15-5-4-6-18(14-15)31-34;1-2/h4-6,9-10,14,16-17,24,31,34H,2-3,7-8,11-13H2,1H3,(H,30,33);2H2,1H3/p+1. The van der Waals surface area contributed by atoms with E-state index in [0.29, 0.717) is 30.5 Å². The molecule has 0 spiro atoms. The summed E-state index contributed by atoms with van der Waals surface area (Å²) >= 11 is 12.7. The first-order valence-electron chi connectivity index (χ1n) is 12.4. The van der Waals surface area contributed by atoms with Gasteiger partial charge < -0.3 is 11.1 Å². The van der Waals surface area contributed by atoms with Crippen molar-refractivity contribution in [2.75, 3.05) is 7.05 Å². The Morgan fingerprint density at radius 3 is 2.47 bits per heavy atom. The van der Waals surface area contributed by atoms with Crippen LogP contribution in [0.2, 0.25) is 10.0 Å². The summed E-state index contributed by atoms with van der Waals surface area (Å²) in [5.74, 6) is -1.29. The Balaban J connectivity index is 0.00000176. The number of carbonyl (C=O) groups excluding carboxylic acids is 2. The second kappa shape index (κ2) is 12.5. The van der Waals surface area contributed by atoms with Crippen molar-refractivity contribution < 1.29 is 24.7 Å². The van der Waals surface area contributed by atoms with Gasteiger partial charge in [-0.3, -0.25) is 9.59 Å². The van der Waals surface area contributed by atoms with Gasteiger partial charge in [0, 0.05) is 35.1 Å². The Morgan fingerprint density at radius 2 is 1.81 bits per heavy atom. The molecule has 2 aliphatic carbocycles. The molecule has 3 unspecified atom stereocenters. The lowest BCUT2D eigenvalue weighted by molar-refractivity contribution is -0.825. The lowest BCUT2D eigenvalue weighted by atomic mass is 9.76. The Kier molecular flexibility index (Phi) is 9.89. The summed E-state index contributed by atoms with van der Waals surface area (Å²) in [5, 5.41) is 12.7. The van der Waals surface area contributed by atoms with Crippen molar-refractivity contribution in [1.29, 1.82) is 0 Å². The molecular weight excluding hydrogens is 504 g/mol. The molecule has 0 aromatic heterocycles. The summed E-state index contributed by atoms with van der Waals surface area (Å²) in [6.45, 7) is 2.06. The normalized spacial score (nSPS) is 21.4. The van der Waals surface area contributed by atoms with E-state index in [1.807, 2.05) is 0 Å². The highest BCUT2D eigenvalue weighted by Crippen LogP contribution is 2.50. The van der Waals surface area contributed by atoms with E-state index in [4.69, 9.17) is 23.2 Å². The summed E-state index contributed by atoms with van der Waals surface area (Å²) in [6.07, 6.45) is 5.35. The zero-order valence-corrected chi connectivity index (χ0v) is 22.2. The van der Waals surface area contributed by atoms with Gasteiger partial charge in [-0.1, -0.05) is 55.1 Å². The van der Waals surface area contributed by atoms with Crippen LogP contribution in [0.25, 0.3) is 0 Å². The zero-order chi connectivity index (χ0) is 26.5. The molecule has 0 saturated heterocycles. The monoisotopic (exact) mass is 538 g/mol. The van der Waals surface area contributed by atoms with Gasteiger partial charge in [-0.05, 0) is 56.7 Å². The van der Waals surface area contributed by atoms with Crippen LogP contribution in [0.15, 0.2) is 36.4 Å². The topological polar surface area (TPSA) is 109 Å². The highest BCUT2D eigenvalue weighted by Gasteiger charge is 2.43. The smallest absolute Gasteiger partial charge is 0.223 e. The Morgan fingerprint density at radius 1 is 1.14 bits per heavy atom. The Bertz CT molecular complexity index is 1090. The Labute approximate surface area is 221 Å². The number of quaternary nitrogens is 1. The predicted octanol–water partition coefficient (Wildman–Crippen LogP) is 5.33. The third-order valence-corrected chi connectivity index (χ3v) is 8.41. The van der Waals surface area contributed by atoms with E-state index >= 15 is 0 Å². The largest absolute Gasteiger partial charge is 0.348 e. The minimum atomic E-state index is -0.597. The van der Waals surface area contributed by atoms with E-state index in [1.54, 1.807) is 24.3 Å². The lowest BCUT2D eigenvalue weighted by Gasteiger charge is -2.36. The SMILES string of the molecule is CC1(C(NC(=O)C2CCC(C(=O)c3cccc([NH2+]O)c3)C2)c2c(F)ccc(Cl)c2Cl)CCCC1.CN. The molecule has 0 heterocycles. The maximum Gasteiger partial charge on any atom is 0.223 e. The quantitative estimate of drug-likeness (QED) is 0.165. The fraction of sp³-hybridized carbons (Fsp3) is 0.481. The van der Waals surface area contributed by atoms with E-state index < -0.39 is 11.9 Å². The molecule has 0 radical (unpaired) electrons. The van der Waals surface area contributed by atoms with Crippen molar-refractivity contribution in [3.63, 3.8) is 0 Å². The molecule has 0 bridgehead atoms. The fourth-order valence-corrected chi connectivity index (χ4v) is 6.03. The number of rotatable bonds is 7. The lowest BCUT2D eigenvalue weighted by Crippen LogP contribution is -2.73. The number of hydrogen-bond acceptors (Lipinski definition) is 4. The fourth-order valence-electron chi connectivity index (χ4n) is 5.60. The molecule has 2 aromatic carbocycles. The highest BCUT2D eigenvalue weighted by atomic mass is 35.5. The number of carbonyl (C=O) groups is 2. The maximum atomic E-state index is 15.0. The van der Waals surface area contributed by atoms with Crippen LogP contribution in [-0.2, 0) is 4.79 Å². The average molecular weight is 539 g/mol. The maximum absolute atomic E-state index is 15.0. The molecule has 4 rings (SSSR count). The molecule has 6 N–H and O–H groups in total. The molecule has 196 valence electrons. The molecule has 2 aliphatic rings.